The summed E-state index contributed by atoms with van der Waals surface area (Å²) in [5, 5.41) is 0. The van der Waals surface area contributed by atoms with Gasteiger partial charge >= 0.3 is 0 Å². The molecular formula is C35H57N2+. The topological polar surface area (TPSA) is 7.12 Å². The molecule has 2 rings (SSSR count). The Hall–Kier alpha value is -2.09. The Morgan fingerprint density at radius 3 is 1.35 bits per heavy atom. The van der Waals surface area contributed by atoms with Crippen molar-refractivity contribution in [3.63, 3.8) is 0 Å². The summed E-state index contributed by atoms with van der Waals surface area (Å²) in [6, 6.07) is 13.3. The Morgan fingerprint density at radius 2 is 0.919 bits per heavy atom. The molecule has 0 saturated carbocycles. The Morgan fingerprint density at radius 1 is 0.514 bits per heavy atom. The van der Waals surface area contributed by atoms with Crippen molar-refractivity contribution in [2.45, 2.75) is 130 Å². The number of rotatable bonds is 22. The number of unbranched alkanes of at least 4 members (excludes halogenated alkanes) is 15. The minimum Gasteiger partial charge on any atom is -0.372 e. The van der Waals surface area contributed by atoms with Gasteiger partial charge in [-0.1, -0.05) is 121 Å². The highest BCUT2D eigenvalue weighted by Crippen LogP contribution is 2.17. The molecule has 0 atom stereocenters. The molecule has 2 heteroatoms. The van der Waals surface area contributed by atoms with Crippen molar-refractivity contribution in [1.29, 1.82) is 0 Å². The van der Waals surface area contributed by atoms with E-state index in [2.05, 4.69) is 91.2 Å². The lowest BCUT2D eigenvalue weighted by Gasteiger charge is -2.20. The number of hydrogen-bond donors (Lipinski definition) is 0. The fourth-order valence-electron chi connectivity index (χ4n) is 5.15. The van der Waals surface area contributed by atoms with E-state index in [0.717, 1.165) is 19.6 Å². The molecule has 1 heterocycles. The number of aryl methyl sites for hydroxylation is 1. The summed E-state index contributed by atoms with van der Waals surface area (Å²) in [4.78, 5) is 2.38. The Labute approximate surface area is 230 Å². The van der Waals surface area contributed by atoms with Crippen LogP contribution in [0, 0.1) is 0 Å². The first-order valence-corrected chi connectivity index (χ1v) is 15.8. The molecular weight excluding hydrogens is 448 g/mol. The molecule has 0 N–H and O–H groups in total. The van der Waals surface area contributed by atoms with Crippen LogP contribution in [0.3, 0.4) is 0 Å². The highest BCUT2D eigenvalue weighted by Gasteiger charge is 2.02. The lowest BCUT2D eigenvalue weighted by Crippen LogP contribution is -2.32. The second-order valence-electron chi connectivity index (χ2n) is 10.8. The molecule has 2 nitrogen and oxygen atoms in total. The van der Waals surface area contributed by atoms with Crippen LogP contribution in [-0.2, 0) is 6.54 Å². The van der Waals surface area contributed by atoms with Gasteiger partial charge < -0.3 is 4.90 Å². The van der Waals surface area contributed by atoms with E-state index < -0.39 is 0 Å². The number of aromatic nitrogens is 1. The second kappa shape index (κ2) is 20.9. The van der Waals surface area contributed by atoms with Crippen LogP contribution in [0.15, 0.2) is 48.8 Å². The molecule has 0 fully saturated rings. The molecule has 0 unspecified atom stereocenters. The van der Waals surface area contributed by atoms with Gasteiger partial charge in [-0.25, -0.2) is 4.57 Å². The summed E-state index contributed by atoms with van der Waals surface area (Å²) in [6.07, 6.45) is 31.7. The molecule has 0 spiro atoms. The zero-order valence-electron chi connectivity index (χ0n) is 24.6. The van der Waals surface area contributed by atoms with E-state index in [4.69, 9.17) is 0 Å². The summed E-state index contributed by atoms with van der Waals surface area (Å²) in [5.41, 5.74) is 3.81. The first-order valence-electron chi connectivity index (χ1n) is 15.8. The molecule has 206 valence electrons. The third kappa shape index (κ3) is 14.4. The lowest BCUT2D eigenvalue weighted by atomic mass is 10.0. The second-order valence-corrected chi connectivity index (χ2v) is 10.8. The van der Waals surface area contributed by atoms with Crippen LogP contribution in [0.2, 0.25) is 0 Å². The standard InChI is InChI=1S/C35H57N2/c1-4-7-8-9-10-11-12-13-14-15-16-17-18-19-20-21-30-36-31-28-34(29-32-36)23-22-33-24-26-35(27-25-33)37(5-2)6-3/h22-29,31-32H,4-21,30H2,1-3H3/q+1. The number of benzene rings is 1. The smallest absolute Gasteiger partial charge is 0.169 e. The van der Waals surface area contributed by atoms with Crippen LogP contribution in [0.4, 0.5) is 5.69 Å². The lowest BCUT2D eigenvalue weighted by molar-refractivity contribution is -0.697. The number of nitrogens with zero attached hydrogens (tertiary/aromatic N) is 2. The predicted octanol–water partition coefficient (Wildman–Crippen LogP) is 10.3. The zero-order valence-corrected chi connectivity index (χ0v) is 24.6. The van der Waals surface area contributed by atoms with E-state index in [1.807, 2.05) is 0 Å². The fourth-order valence-corrected chi connectivity index (χ4v) is 5.15. The molecule has 0 aliphatic heterocycles. The maximum atomic E-state index is 2.38. The van der Waals surface area contributed by atoms with Gasteiger partial charge in [-0.15, -0.1) is 0 Å². The van der Waals surface area contributed by atoms with Crippen molar-refractivity contribution in [3.05, 3.63) is 59.9 Å². The van der Waals surface area contributed by atoms with Crippen molar-refractivity contribution in [3.8, 4) is 0 Å². The summed E-state index contributed by atoms with van der Waals surface area (Å²) in [7, 11) is 0. The molecule has 1 aromatic heterocycles. The first kappa shape index (κ1) is 31.1. The highest BCUT2D eigenvalue weighted by atomic mass is 15.1. The largest absolute Gasteiger partial charge is 0.372 e. The van der Waals surface area contributed by atoms with Crippen molar-refractivity contribution in [2.24, 2.45) is 0 Å². The third-order valence-corrected chi connectivity index (χ3v) is 7.68. The van der Waals surface area contributed by atoms with E-state index in [1.54, 1.807) is 0 Å². The fraction of sp³-hybridized carbons (Fsp3) is 0.629. The van der Waals surface area contributed by atoms with E-state index in [-0.39, 0.29) is 0 Å². The summed E-state index contributed by atoms with van der Waals surface area (Å²) in [6.45, 7) is 9.95. The average Bonchev–Trinajstić information content (AvgIpc) is 2.93. The molecule has 0 aliphatic rings. The minimum atomic E-state index is 1.05. The molecule has 0 aliphatic carbocycles. The van der Waals surface area contributed by atoms with Crippen LogP contribution >= 0.6 is 0 Å². The maximum absolute atomic E-state index is 2.38. The predicted molar refractivity (Wildman–Crippen MR) is 165 cm³/mol. The van der Waals surface area contributed by atoms with Crippen LogP contribution in [0.5, 0.6) is 0 Å². The van der Waals surface area contributed by atoms with Gasteiger partial charge in [0, 0.05) is 37.3 Å². The van der Waals surface area contributed by atoms with Gasteiger partial charge in [0.05, 0.1) is 0 Å². The van der Waals surface area contributed by atoms with Gasteiger partial charge in [0.25, 0.3) is 0 Å². The summed E-state index contributed by atoms with van der Waals surface area (Å²) < 4.78 is 2.33. The third-order valence-electron chi connectivity index (χ3n) is 7.68. The number of hydrogen-bond acceptors (Lipinski definition) is 1. The van der Waals surface area contributed by atoms with Crippen LogP contribution in [0.1, 0.15) is 135 Å². The van der Waals surface area contributed by atoms with Crippen molar-refractivity contribution < 1.29 is 4.57 Å². The van der Waals surface area contributed by atoms with Gasteiger partial charge in [-0.3, -0.25) is 0 Å². The van der Waals surface area contributed by atoms with Gasteiger partial charge in [-0.05, 0) is 43.5 Å². The molecule has 0 amide bonds. The normalized spacial score (nSPS) is 11.4. The van der Waals surface area contributed by atoms with Crippen LogP contribution in [0.25, 0.3) is 12.2 Å². The van der Waals surface area contributed by atoms with E-state index in [1.165, 1.54) is 120 Å². The van der Waals surface area contributed by atoms with Gasteiger partial charge in [0.15, 0.2) is 12.4 Å². The summed E-state index contributed by atoms with van der Waals surface area (Å²) in [5.74, 6) is 0. The minimum absolute atomic E-state index is 1.05. The zero-order chi connectivity index (χ0) is 26.4. The Bertz CT molecular complexity index is 802. The quantitative estimate of drug-likeness (QED) is 0.114. The molecule has 37 heavy (non-hydrogen) atoms. The number of pyridine rings is 1. The van der Waals surface area contributed by atoms with Crippen LogP contribution < -0.4 is 9.47 Å². The van der Waals surface area contributed by atoms with Crippen molar-refractivity contribution in [1.82, 2.24) is 0 Å². The highest BCUT2D eigenvalue weighted by molar-refractivity contribution is 5.70. The van der Waals surface area contributed by atoms with Crippen LogP contribution in [-0.4, -0.2) is 13.1 Å². The molecule has 0 radical (unpaired) electrons. The monoisotopic (exact) mass is 505 g/mol. The van der Waals surface area contributed by atoms with Gasteiger partial charge in [-0.2, -0.15) is 0 Å². The Kier molecular flexibility index (Phi) is 17.6. The van der Waals surface area contributed by atoms with E-state index in [9.17, 15) is 0 Å². The van der Waals surface area contributed by atoms with Gasteiger partial charge in [0.2, 0.25) is 0 Å². The average molecular weight is 506 g/mol. The summed E-state index contributed by atoms with van der Waals surface area (Å²) >= 11 is 0. The van der Waals surface area contributed by atoms with E-state index >= 15 is 0 Å². The maximum Gasteiger partial charge on any atom is 0.169 e. The molecule has 0 bridgehead atoms. The van der Waals surface area contributed by atoms with Crippen molar-refractivity contribution in [2.75, 3.05) is 18.0 Å². The number of anilines is 1. The molecule has 0 saturated heterocycles. The van der Waals surface area contributed by atoms with E-state index in [0.29, 0.717) is 0 Å². The van der Waals surface area contributed by atoms with Gasteiger partial charge in [0.1, 0.15) is 6.54 Å². The van der Waals surface area contributed by atoms with Crippen molar-refractivity contribution >= 4 is 17.8 Å². The first-order chi connectivity index (χ1) is 18.3. The molecule has 2 aromatic rings. The molecule has 1 aromatic carbocycles. The Balaban J connectivity index is 1.48. The SMILES string of the molecule is CCCCCCCCCCCCCCCCCC[n+]1ccc(/C=C/c2ccc(N(CC)CC)cc2)cc1.